The van der Waals surface area contributed by atoms with Gasteiger partial charge in [0.1, 0.15) is 11.3 Å². The van der Waals surface area contributed by atoms with Gasteiger partial charge in [0.2, 0.25) is 0 Å². The number of para-hydroxylation sites is 1. The first-order chi connectivity index (χ1) is 15.5. The highest BCUT2D eigenvalue weighted by Gasteiger charge is 2.38. The van der Waals surface area contributed by atoms with Crippen LogP contribution in [0.2, 0.25) is 0 Å². The van der Waals surface area contributed by atoms with Crippen molar-refractivity contribution in [2.45, 2.75) is 38.0 Å². The Morgan fingerprint density at radius 1 is 0.750 bits per heavy atom. The van der Waals surface area contributed by atoms with E-state index < -0.39 is 11.9 Å². The van der Waals surface area contributed by atoms with Crippen molar-refractivity contribution in [1.29, 1.82) is 0 Å². The van der Waals surface area contributed by atoms with Gasteiger partial charge < -0.3 is 14.2 Å². The van der Waals surface area contributed by atoms with Gasteiger partial charge in [-0.15, -0.1) is 0 Å². The number of methoxy groups -OCH3 is 1. The number of fused-ring (bicyclic) bond motifs is 5. The summed E-state index contributed by atoms with van der Waals surface area (Å²) in [4.78, 5) is 25.9. The number of carbonyl (C=O) groups is 2. The molecule has 5 rings (SSSR count). The van der Waals surface area contributed by atoms with Gasteiger partial charge in [0.15, 0.2) is 11.5 Å². The molecule has 2 unspecified atom stereocenters. The van der Waals surface area contributed by atoms with Crippen LogP contribution in [0.25, 0.3) is 0 Å². The fraction of sp³-hybridized carbons (Fsp3) is 0.259. The minimum absolute atomic E-state index is 0.258. The first-order valence-corrected chi connectivity index (χ1v) is 10.9. The molecular weight excluding hydrogens is 404 g/mol. The molecule has 162 valence electrons. The lowest BCUT2D eigenvalue weighted by Crippen LogP contribution is -2.15. The van der Waals surface area contributed by atoms with Crippen molar-refractivity contribution in [2.24, 2.45) is 0 Å². The van der Waals surface area contributed by atoms with Crippen LogP contribution in [-0.2, 0) is 0 Å². The van der Waals surface area contributed by atoms with Crippen LogP contribution in [0.3, 0.4) is 0 Å². The third-order valence-corrected chi connectivity index (χ3v) is 6.56. The van der Waals surface area contributed by atoms with E-state index in [0.717, 1.165) is 24.8 Å². The summed E-state index contributed by atoms with van der Waals surface area (Å²) in [6.45, 7) is 1.86. The van der Waals surface area contributed by atoms with Crippen molar-refractivity contribution in [2.75, 3.05) is 7.11 Å². The number of hydrogen-bond acceptors (Lipinski definition) is 5. The highest BCUT2D eigenvalue weighted by atomic mass is 16.6. The molecule has 3 aromatic carbocycles. The highest BCUT2D eigenvalue weighted by molar-refractivity contribution is 5.95. The molecule has 1 saturated carbocycles. The van der Waals surface area contributed by atoms with Crippen molar-refractivity contribution in [1.82, 2.24) is 0 Å². The predicted molar refractivity (Wildman–Crippen MR) is 120 cm³/mol. The van der Waals surface area contributed by atoms with Gasteiger partial charge in [-0.2, -0.15) is 0 Å². The number of carbonyl (C=O) groups excluding carboxylic acids is 2. The van der Waals surface area contributed by atoms with E-state index in [0.29, 0.717) is 28.7 Å². The second-order valence-electron chi connectivity index (χ2n) is 8.43. The summed E-state index contributed by atoms with van der Waals surface area (Å²) in [6, 6.07) is 17.9. The van der Waals surface area contributed by atoms with Crippen molar-refractivity contribution < 1.29 is 23.8 Å². The molecule has 3 aromatic rings. The normalized spacial score (nSPS) is 18.2. The lowest BCUT2D eigenvalue weighted by Gasteiger charge is -2.19. The molecule has 2 aliphatic carbocycles. The molecule has 2 atom stereocenters. The molecule has 0 amide bonds. The molecule has 0 N–H and O–H groups in total. The fourth-order valence-electron chi connectivity index (χ4n) is 4.93. The van der Waals surface area contributed by atoms with Gasteiger partial charge >= 0.3 is 11.9 Å². The fourth-order valence-corrected chi connectivity index (χ4v) is 4.93. The molecule has 0 heterocycles. The number of aryl methyl sites for hydroxylation is 1. The molecule has 0 aromatic heterocycles. The molecule has 5 nitrogen and oxygen atoms in total. The highest BCUT2D eigenvalue weighted by Crippen LogP contribution is 2.55. The molecule has 0 aliphatic heterocycles. The topological polar surface area (TPSA) is 61.8 Å². The molecule has 0 saturated heterocycles. The molecule has 32 heavy (non-hydrogen) atoms. The largest absolute Gasteiger partial charge is 0.496 e. The van der Waals surface area contributed by atoms with Crippen LogP contribution < -0.4 is 14.2 Å². The van der Waals surface area contributed by atoms with Crippen molar-refractivity contribution in [3.63, 3.8) is 0 Å². The van der Waals surface area contributed by atoms with E-state index in [-0.39, 0.29) is 11.5 Å². The average Bonchev–Trinajstić information content (AvgIpc) is 3.42. The van der Waals surface area contributed by atoms with E-state index >= 15 is 0 Å². The Hall–Kier alpha value is -3.60. The van der Waals surface area contributed by atoms with Crippen LogP contribution in [0.1, 0.15) is 68.5 Å². The van der Waals surface area contributed by atoms with Gasteiger partial charge in [-0.1, -0.05) is 30.3 Å². The van der Waals surface area contributed by atoms with Gasteiger partial charge in [0, 0.05) is 0 Å². The van der Waals surface area contributed by atoms with E-state index in [1.54, 1.807) is 36.4 Å². The maximum absolute atomic E-state index is 13.0. The Morgan fingerprint density at radius 3 is 1.88 bits per heavy atom. The van der Waals surface area contributed by atoms with Gasteiger partial charge in [0.05, 0.1) is 12.7 Å². The first kappa shape index (κ1) is 20.3. The SMILES string of the molecule is COc1ccccc1C(=O)Oc1cc2c(cc1OC(=O)c1ccccc1C)C1CCC2C1. The van der Waals surface area contributed by atoms with E-state index in [2.05, 4.69) is 0 Å². The van der Waals surface area contributed by atoms with E-state index in [1.807, 2.05) is 31.2 Å². The molecule has 0 spiro atoms. The lowest BCUT2D eigenvalue weighted by molar-refractivity contribution is 0.0679. The second kappa shape index (κ2) is 8.15. The average molecular weight is 428 g/mol. The van der Waals surface area contributed by atoms with Crippen molar-refractivity contribution >= 4 is 11.9 Å². The van der Waals surface area contributed by atoms with Crippen LogP contribution in [0.5, 0.6) is 17.2 Å². The monoisotopic (exact) mass is 428 g/mol. The minimum Gasteiger partial charge on any atom is -0.496 e. The standard InChI is InChI=1S/C27H24O5/c1-16-7-3-4-8-19(16)26(28)31-24-14-21-17-11-12-18(13-17)22(21)15-25(24)32-27(29)20-9-5-6-10-23(20)30-2/h3-10,14-15,17-18H,11-13H2,1-2H3. The number of ether oxygens (including phenoxy) is 3. The number of benzene rings is 3. The zero-order chi connectivity index (χ0) is 22.2. The van der Waals surface area contributed by atoms with Gasteiger partial charge in [0.25, 0.3) is 0 Å². The number of hydrogen-bond donors (Lipinski definition) is 0. The quantitative estimate of drug-likeness (QED) is 0.379. The smallest absolute Gasteiger partial charge is 0.347 e. The van der Waals surface area contributed by atoms with Crippen LogP contribution in [0, 0.1) is 6.92 Å². The Morgan fingerprint density at radius 2 is 1.28 bits per heavy atom. The summed E-state index contributed by atoms with van der Waals surface area (Å²) < 4.78 is 16.9. The van der Waals surface area contributed by atoms with Gasteiger partial charge in [-0.05, 0) is 85.0 Å². The second-order valence-corrected chi connectivity index (χ2v) is 8.43. The van der Waals surface area contributed by atoms with Gasteiger partial charge in [-0.25, -0.2) is 9.59 Å². The summed E-state index contributed by atoms with van der Waals surface area (Å²) >= 11 is 0. The first-order valence-electron chi connectivity index (χ1n) is 10.9. The molecule has 2 aliphatic rings. The van der Waals surface area contributed by atoms with E-state index in [9.17, 15) is 9.59 Å². The lowest BCUT2D eigenvalue weighted by atomic mass is 9.91. The Labute approximate surface area is 186 Å². The number of esters is 2. The van der Waals surface area contributed by atoms with Gasteiger partial charge in [-0.3, -0.25) is 0 Å². The zero-order valence-electron chi connectivity index (χ0n) is 18.1. The summed E-state index contributed by atoms with van der Waals surface area (Å²) in [6.07, 6.45) is 3.38. The maximum Gasteiger partial charge on any atom is 0.347 e. The third kappa shape index (κ3) is 3.54. The van der Waals surface area contributed by atoms with Crippen LogP contribution >= 0.6 is 0 Å². The minimum atomic E-state index is -0.557. The Bertz CT molecular complexity index is 1210. The summed E-state index contributed by atoms with van der Waals surface area (Å²) in [5.41, 5.74) is 4.01. The Kier molecular flexibility index (Phi) is 5.17. The van der Waals surface area contributed by atoms with Crippen LogP contribution in [0.15, 0.2) is 60.7 Å². The van der Waals surface area contributed by atoms with E-state index in [4.69, 9.17) is 14.2 Å². The zero-order valence-corrected chi connectivity index (χ0v) is 18.1. The summed E-state index contributed by atoms with van der Waals surface area (Å²) in [5.74, 6) is 0.877. The van der Waals surface area contributed by atoms with Crippen LogP contribution in [0.4, 0.5) is 0 Å². The number of rotatable bonds is 5. The summed E-state index contributed by atoms with van der Waals surface area (Å²) in [7, 11) is 1.51. The molecule has 0 radical (unpaired) electrons. The van der Waals surface area contributed by atoms with Crippen molar-refractivity contribution in [3.8, 4) is 17.2 Å². The van der Waals surface area contributed by atoms with Crippen molar-refractivity contribution in [3.05, 3.63) is 88.5 Å². The molecular formula is C27H24O5. The molecule has 1 fully saturated rings. The molecule has 2 bridgehead atoms. The predicted octanol–water partition coefficient (Wildman–Crippen LogP) is 5.81. The molecule has 5 heteroatoms. The summed E-state index contributed by atoms with van der Waals surface area (Å²) in [5, 5.41) is 0. The van der Waals surface area contributed by atoms with E-state index in [1.165, 1.54) is 18.2 Å². The Balaban J connectivity index is 1.51. The third-order valence-electron chi connectivity index (χ3n) is 6.56. The maximum atomic E-state index is 13.0. The van der Waals surface area contributed by atoms with Crippen LogP contribution in [-0.4, -0.2) is 19.0 Å².